The van der Waals surface area contributed by atoms with Crippen molar-refractivity contribution in [3.05, 3.63) is 53.1 Å². The number of hydrogen-bond acceptors (Lipinski definition) is 6. The Kier molecular flexibility index (Phi) is 4.50. The number of benzene rings is 1. The van der Waals surface area contributed by atoms with Gasteiger partial charge in [0.25, 0.3) is 0 Å². The Bertz CT molecular complexity index is 1180. The quantitative estimate of drug-likeness (QED) is 0.698. The van der Waals surface area contributed by atoms with Crippen molar-refractivity contribution in [2.75, 3.05) is 0 Å². The number of nitrogens with two attached hydrogens (primary N) is 1. The number of halogens is 1. The number of aliphatic imine (C=N–C) groups is 2. The molecule has 1 aromatic carbocycles. The normalized spacial score (nSPS) is 13.9. The van der Waals surface area contributed by atoms with Crippen LogP contribution >= 0.6 is 0 Å². The number of rotatable bonds is 2. The van der Waals surface area contributed by atoms with E-state index >= 15 is 0 Å². The first-order valence-electron chi connectivity index (χ1n) is 9.01. The Morgan fingerprint density at radius 3 is 2.52 bits per heavy atom. The number of fused-ring (bicyclic) bond motifs is 1. The van der Waals surface area contributed by atoms with Crippen molar-refractivity contribution in [2.24, 2.45) is 22.8 Å². The van der Waals surface area contributed by atoms with E-state index in [-0.39, 0.29) is 17.4 Å². The molecule has 0 spiro atoms. The smallest absolute Gasteiger partial charge is 0.160 e. The van der Waals surface area contributed by atoms with E-state index in [0.717, 1.165) is 11.1 Å². The second-order valence-corrected chi connectivity index (χ2v) is 6.77. The van der Waals surface area contributed by atoms with Crippen LogP contribution in [0.5, 0.6) is 5.75 Å². The fraction of sp³-hybridized carbons (Fsp3) is 0.200. The van der Waals surface area contributed by atoms with Crippen molar-refractivity contribution in [3.63, 3.8) is 0 Å². The molecule has 3 aromatic rings. The number of aryl methyl sites for hydroxylation is 2. The highest BCUT2D eigenvalue weighted by atomic mass is 19.1. The summed E-state index contributed by atoms with van der Waals surface area (Å²) in [6.07, 6.45) is 3.76. The highest BCUT2D eigenvalue weighted by molar-refractivity contribution is 5.98. The molecule has 0 aliphatic carbocycles. The van der Waals surface area contributed by atoms with Crippen LogP contribution in [-0.4, -0.2) is 36.7 Å². The minimum Gasteiger partial charge on any atom is -0.504 e. The van der Waals surface area contributed by atoms with Crippen LogP contribution < -0.4 is 5.73 Å². The van der Waals surface area contributed by atoms with Crippen LogP contribution in [0.15, 0.2) is 40.3 Å². The summed E-state index contributed by atoms with van der Waals surface area (Å²) in [7, 11) is 1.78. The monoisotopic (exact) mass is 393 g/mol. The van der Waals surface area contributed by atoms with E-state index in [1.165, 1.54) is 16.8 Å². The first kappa shape index (κ1) is 18.6. The predicted octanol–water partition coefficient (Wildman–Crippen LogP) is 2.86. The summed E-state index contributed by atoms with van der Waals surface area (Å²) < 4.78 is 16.5. The Morgan fingerprint density at radius 1 is 1.14 bits per heavy atom. The van der Waals surface area contributed by atoms with Crippen molar-refractivity contribution < 1.29 is 9.50 Å². The molecule has 0 fully saturated rings. The summed E-state index contributed by atoms with van der Waals surface area (Å²) in [5.74, 6) is 1.07. The van der Waals surface area contributed by atoms with E-state index in [4.69, 9.17) is 5.73 Å². The van der Waals surface area contributed by atoms with Crippen molar-refractivity contribution in [2.45, 2.75) is 20.3 Å². The number of amidine groups is 1. The number of nitrogens with zero attached hydrogens (tertiary/aromatic N) is 6. The van der Waals surface area contributed by atoms with E-state index in [0.29, 0.717) is 35.1 Å². The molecule has 0 atom stereocenters. The summed E-state index contributed by atoms with van der Waals surface area (Å²) >= 11 is 0. The maximum absolute atomic E-state index is 13.3. The number of hydrogen-bond donors (Lipinski definition) is 2. The van der Waals surface area contributed by atoms with E-state index in [9.17, 15) is 9.50 Å². The van der Waals surface area contributed by atoms with Gasteiger partial charge in [0.05, 0.1) is 11.4 Å². The van der Waals surface area contributed by atoms with Gasteiger partial charge in [-0.3, -0.25) is 4.68 Å². The molecule has 9 heteroatoms. The third-order valence-corrected chi connectivity index (χ3v) is 4.73. The molecule has 29 heavy (non-hydrogen) atoms. The molecule has 0 saturated heterocycles. The molecule has 1 aliphatic rings. The van der Waals surface area contributed by atoms with Gasteiger partial charge in [0.15, 0.2) is 17.4 Å². The molecule has 0 bridgehead atoms. The molecule has 2 aromatic heterocycles. The lowest BCUT2D eigenvalue weighted by Gasteiger charge is -2.04. The van der Waals surface area contributed by atoms with Crippen LogP contribution in [0.3, 0.4) is 0 Å². The second-order valence-electron chi connectivity index (χ2n) is 6.77. The van der Waals surface area contributed by atoms with E-state index in [1.807, 2.05) is 0 Å². The average Bonchev–Trinajstić information content (AvgIpc) is 3.15. The first-order valence-corrected chi connectivity index (χ1v) is 9.01. The van der Waals surface area contributed by atoms with Gasteiger partial charge in [-0.05, 0) is 38.1 Å². The Hall–Kier alpha value is -3.75. The van der Waals surface area contributed by atoms with Crippen LogP contribution in [0.25, 0.3) is 17.1 Å². The zero-order valence-corrected chi connectivity index (χ0v) is 16.3. The molecular weight excluding hydrogens is 373 g/mol. The summed E-state index contributed by atoms with van der Waals surface area (Å²) in [5, 5.41) is 18.9. The van der Waals surface area contributed by atoms with Gasteiger partial charge in [0.2, 0.25) is 0 Å². The van der Waals surface area contributed by atoms with Gasteiger partial charge in [-0.15, -0.1) is 0 Å². The molecule has 0 radical (unpaired) electrons. The van der Waals surface area contributed by atoms with Gasteiger partial charge >= 0.3 is 0 Å². The zero-order valence-electron chi connectivity index (χ0n) is 16.3. The highest BCUT2D eigenvalue weighted by Crippen LogP contribution is 2.31. The van der Waals surface area contributed by atoms with Crippen molar-refractivity contribution in [3.8, 4) is 17.0 Å². The Balaban J connectivity index is 1.81. The summed E-state index contributed by atoms with van der Waals surface area (Å²) in [6, 6.07) is 6.15. The van der Waals surface area contributed by atoms with E-state index in [1.54, 1.807) is 50.0 Å². The molecule has 0 amide bonds. The fourth-order valence-corrected chi connectivity index (χ4v) is 3.25. The Morgan fingerprint density at radius 2 is 1.86 bits per heavy atom. The number of aromatic nitrogens is 4. The molecular formula is C20H20FN7O. The molecule has 0 saturated carbocycles. The van der Waals surface area contributed by atoms with Crippen molar-refractivity contribution in [1.29, 1.82) is 0 Å². The molecule has 8 nitrogen and oxygen atoms in total. The maximum atomic E-state index is 13.3. The SMILES string of the molecule is Cc1nn(C2=CC(N)=Nc3c(c(-c4ccc(F)cc4)nn3C)CC=N2)c(C)c1O. The minimum atomic E-state index is -0.310. The first-order chi connectivity index (χ1) is 13.8. The molecule has 4 rings (SSSR count). The summed E-state index contributed by atoms with van der Waals surface area (Å²) in [4.78, 5) is 9.02. The zero-order chi connectivity index (χ0) is 20.7. The van der Waals surface area contributed by atoms with E-state index in [2.05, 4.69) is 20.2 Å². The van der Waals surface area contributed by atoms with Gasteiger partial charge in [-0.2, -0.15) is 10.2 Å². The van der Waals surface area contributed by atoms with Gasteiger partial charge in [0.1, 0.15) is 17.3 Å². The third kappa shape index (κ3) is 3.31. The van der Waals surface area contributed by atoms with Gasteiger partial charge < -0.3 is 10.8 Å². The van der Waals surface area contributed by atoms with Crippen LogP contribution in [-0.2, 0) is 13.5 Å². The average molecular weight is 393 g/mol. The van der Waals surface area contributed by atoms with Gasteiger partial charge in [-0.1, -0.05) is 0 Å². The molecule has 0 unspecified atom stereocenters. The summed E-state index contributed by atoms with van der Waals surface area (Å²) in [5.41, 5.74) is 9.51. The van der Waals surface area contributed by atoms with Gasteiger partial charge in [-0.25, -0.2) is 19.1 Å². The van der Waals surface area contributed by atoms with Crippen molar-refractivity contribution in [1.82, 2.24) is 19.6 Å². The van der Waals surface area contributed by atoms with Crippen molar-refractivity contribution >= 4 is 23.7 Å². The highest BCUT2D eigenvalue weighted by Gasteiger charge is 2.19. The predicted molar refractivity (Wildman–Crippen MR) is 110 cm³/mol. The Labute approximate surface area is 166 Å². The van der Waals surface area contributed by atoms with Gasteiger partial charge in [0, 0.05) is 36.9 Å². The largest absolute Gasteiger partial charge is 0.504 e. The van der Waals surface area contributed by atoms with Crippen LogP contribution in [0.4, 0.5) is 10.2 Å². The topological polar surface area (TPSA) is 107 Å². The molecule has 148 valence electrons. The summed E-state index contributed by atoms with van der Waals surface area (Å²) in [6.45, 7) is 3.46. The molecule has 3 heterocycles. The maximum Gasteiger partial charge on any atom is 0.160 e. The van der Waals surface area contributed by atoms with Crippen LogP contribution in [0, 0.1) is 19.7 Å². The second kappa shape index (κ2) is 7.01. The fourth-order valence-electron chi connectivity index (χ4n) is 3.25. The molecule has 1 aliphatic heterocycles. The third-order valence-electron chi connectivity index (χ3n) is 4.73. The standard InChI is InChI=1S/C20H20FN7O/c1-11-19(29)12(2)28(25-11)17-10-16(22)24-20-15(8-9-23-17)18(26-27(20)3)13-4-6-14(21)7-5-13/h4-7,9-10,29H,8H2,1-3H3,(H2,22,24). The lowest BCUT2D eigenvalue weighted by atomic mass is 10.1. The minimum absolute atomic E-state index is 0.113. The van der Waals surface area contributed by atoms with Crippen LogP contribution in [0.2, 0.25) is 0 Å². The molecule has 3 N–H and O–H groups in total. The number of aromatic hydroxyl groups is 1. The lowest BCUT2D eigenvalue weighted by Crippen LogP contribution is -2.11. The van der Waals surface area contributed by atoms with Crippen LogP contribution in [0.1, 0.15) is 17.0 Å². The van der Waals surface area contributed by atoms with E-state index < -0.39 is 0 Å². The lowest BCUT2D eigenvalue weighted by molar-refractivity contribution is 0.466.